The lowest BCUT2D eigenvalue weighted by Crippen LogP contribution is -2.31. The number of nitrogens with one attached hydrogen (secondary N) is 2. The maximum absolute atomic E-state index is 6.09. The minimum absolute atomic E-state index is 0.619. The number of H-pyrrole nitrogens is 1. The van der Waals surface area contributed by atoms with Gasteiger partial charge in [0.15, 0.2) is 5.65 Å². The molecule has 0 fully saturated rings. The highest BCUT2D eigenvalue weighted by molar-refractivity contribution is 5.92. The Morgan fingerprint density at radius 2 is 2.08 bits per heavy atom. The number of likely N-dealkylation sites (N-methyl/N-ethyl adjacent to an activating group) is 1. The fourth-order valence-electron chi connectivity index (χ4n) is 3.41. The van der Waals surface area contributed by atoms with E-state index in [9.17, 15) is 0 Å². The van der Waals surface area contributed by atoms with E-state index >= 15 is 0 Å². The molecule has 3 heterocycles. The van der Waals surface area contributed by atoms with Crippen LogP contribution in [0.1, 0.15) is 23.6 Å². The number of anilines is 2. The Kier molecular flexibility index (Phi) is 3.82. The lowest BCUT2D eigenvalue weighted by atomic mass is 9.97. The Morgan fingerprint density at radius 3 is 2.88 bits per heavy atom. The Labute approximate surface area is 141 Å². The number of fused-ring (bicyclic) bond motifs is 3. The predicted molar refractivity (Wildman–Crippen MR) is 96.7 cm³/mol. The molecule has 1 aromatic carbocycles. The van der Waals surface area contributed by atoms with Gasteiger partial charge in [0, 0.05) is 25.2 Å². The van der Waals surface area contributed by atoms with Crippen LogP contribution < -0.4 is 11.1 Å². The van der Waals surface area contributed by atoms with E-state index < -0.39 is 0 Å². The Morgan fingerprint density at radius 1 is 1.25 bits per heavy atom. The van der Waals surface area contributed by atoms with E-state index in [-0.39, 0.29) is 0 Å². The van der Waals surface area contributed by atoms with Gasteiger partial charge in [-0.3, -0.25) is 10.00 Å². The van der Waals surface area contributed by atoms with Gasteiger partial charge in [-0.1, -0.05) is 37.3 Å². The predicted octanol–water partition coefficient (Wildman–Crippen LogP) is 2.53. The highest BCUT2D eigenvalue weighted by atomic mass is 15.2. The van der Waals surface area contributed by atoms with Gasteiger partial charge in [-0.25, -0.2) is 4.98 Å². The molecule has 3 aromatic rings. The minimum atomic E-state index is 0.619. The summed E-state index contributed by atoms with van der Waals surface area (Å²) in [7, 11) is 0. The molecular weight excluding hydrogens is 300 g/mol. The van der Waals surface area contributed by atoms with Gasteiger partial charge in [-0.15, -0.1) is 0 Å². The van der Waals surface area contributed by atoms with Crippen molar-refractivity contribution in [3.05, 3.63) is 47.0 Å². The summed E-state index contributed by atoms with van der Waals surface area (Å²) in [6.07, 6.45) is 0.978. The summed E-state index contributed by atoms with van der Waals surface area (Å²) in [6, 6.07) is 10.4. The number of nitrogens with zero attached hydrogens (tertiary/aromatic N) is 3. The summed E-state index contributed by atoms with van der Waals surface area (Å²) < 4.78 is 0. The number of pyridine rings is 1. The van der Waals surface area contributed by atoms with Crippen LogP contribution in [0, 0.1) is 0 Å². The quantitative estimate of drug-likeness (QED) is 0.687. The Balaban J connectivity index is 1.74. The zero-order valence-electron chi connectivity index (χ0n) is 13.8. The molecule has 124 valence electrons. The van der Waals surface area contributed by atoms with Crippen LogP contribution in [0.15, 0.2) is 30.3 Å². The third-order valence-corrected chi connectivity index (χ3v) is 4.75. The lowest BCUT2D eigenvalue weighted by Gasteiger charge is -2.29. The molecule has 6 heteroatoms. The molecule has 0 atom stereocenters. The number of aromatic amines is 1. The summed E-state index contributed by atoms with van der Waals surface area (Å²) in [5.74, 6) is 1.54. The van der Waals surface area contributed by atoms with E-state index in [2.05, 4.69) is 51.6 Å². The Hall–Kier alpha value is -2.60. The third-order valence-electron chi connectivity index (χ3n) is 4.75. The van der Waals surface area contributed by atoms with E-state index in [1.807, 2.05) is 6.07 Å². The van der Waals surface area contributed by atoms with Gasteiger partial charge in [-0.2, -0.15) is 5.10 Å². The summed E-state index contributed by atoms with van der Waals surface area (Å²) in [5.41, 5.74) is 10.6. The summed E-state index contributed by atoms with van der Waals surface area (Å²) in [4.78, 5) is 7.16. The number of nitrogens with two attached hydrogens (primary N) is 1. The number of nitrogen functional groups attached to an aromatic ring is 1. The maximum Gasteiger partial charge on any atom is 0.185 e. The first kappa shape index (κ1) is 15.0. The zero-order chi connectivity index (χ0) is 16.5. The van der Waals surface area contributed by atoms with Gasteiger partial charge < -0.3 is 11.1 Å². The molecule has 6 nitrogen and oxygen atoms in total. The molecule has 0 saturated carbocycles. The topological polar surface area (TPSA) is 82.9 Å². The standard InChI is InChI=1S/C18H22N6/c1-2-24-9-8-13-14(11-24)17(20-10-12-6-4-3-5-7-12)21-18-15(13)16(19)22-23-18/h3-7H,2,8-11H2,1H3,(H4,19,20,21,22,23). The molecule has 0 amide bonds. The van der Waals surface area contributed by atoms with Crippen LogP contribution in [0.5, 0.6) is 0 Å². The van der Waals surface area contributed by atoms with Gasteiger partial charge in [0.05, 0.1) is 5.39 Å². The third kappa shape index (κ3) is 2.59. The molecule has 0 bridgehead atoms. The van der Waals surface area contributed by atoms with E-state index in [4.69, 9.17) is 10.7 Å². The number of rotatable bonds is 4. The monoisotopic (exact) mass is 322 g/mol. The largest absolute Gasteiger partial charge is 0.384 e. The van der Waals surface area contributed by atoms with Crippen LogP contribution in [0.3, 0.4) is 0 Å². The van der Waals surface area contributed by atoms with Crippen LogP contribution in [-0.2, 0) is 19.5 Å². The molecule has 2 aromatic heterocycles. The number of hydrogen-bond donors (Lipinski definition) is 3. The first-order valence-electron chi connectivity index (χ1n) is 8.41. The van der Waals surface area contributed by atoms with Crippen molar-refractivity contribution >= 4 is 22.7 Å². The minimum Gasteiger partial charge on any atom is -0.384 e. The molecule has 0 spiro atoms. The fourth-order valence-corrected chi connectivity index (χ4v) is 3.41. The molecular formula is C18H22N6. The van der Waals surface area contributed by atoms with Crippen molar-refractivity contribution in [2.75, 3.05) is 24.1 Å². The molecule has 4 rings (SSSR count). The molecule has 0 aliphatic carbocycles. The summed E-state index contributed by atoms with van der Waals surface area (Å²) in [6.45, 7) is 5.93. The zero-order valence-corrected chi connectivity index (χ0v) is 13.8. The molecule has 0 saturated heterocycles. The first-order chi connectivity index (χ1) is 11.8. The van der Waals surface area contributed by atoms with Gasteiger partial charge in [0.25, 0.3) is 0 Å². The molecule has 1 aliphatic rings. The second-order valence-electron chi connectivity index (χ2n) is 6.21. The molecule has 0 unspecified atom stereocenters. The smallest absolute Gasteiger partial charge is 0.185 e. The average Bonchev–Trinajstić information content (AvgIpc) is 3.01. The van der Waals surface area contributed by atoms with E-state index in [0.29, 0.717) is 11.5 Å². The molecule has 4 N–H and O–H groups in total. The van der Waals surface area contributed by atoms with Crippen molar-refractivity contribution in [3.8, 4) is 0 Å². The van der Waals surface area contributed by atoms with Crippen molar-refractivity contribution in [1.82, 2.24) is 20.1 Å². The van der Waals surface area contributed by atoms with E-state index in [1.54, 1.807) is 0 Å². The summed E-state index contributed by atoms with van der Waals surface area (Å²) >= 11 is 0. The van der Waals surface area contributed by atoms with Crippen LogP contribution >= 0.6 is 0 Å². The number of benzene rings is 1. The highest BCUT2D eigenvalue weighted by Gasteiger charge is 2.24. The number of hydrogen-bond acceptors (Lipinski definition) is 5. The van der Waals surface area contributed by atoms with Gasteiger partial charge >= 0.3 is 0 Å². The first-order valence-corrected chi connectivity index (χ1v) is 8.41. The van der Waals surface area contributed by atoms with Crippen LogP contribution in [0.25, 0.3) is 11.0 Å². The van der Waals surface area contributed by atoms with Crippen molar-refractivity contribution < 1.29 is 0 Å². The van der Waals surface area contributed by atoms with E-state index in [1.165, 1.54) is 16.7 Å². The second kappa shape index (κ2) is 6.13. The van der Waals surface area contributed by atoms with Crippen LogP contribution in [-0.4, -0.2) is 33.2 Å². The lowest BCUT2D eigenvalue weighted by molar-refractivity contribution is 0.269. The van der Waals surface area contributed by atoms with Crippen molar-refractivity contribution in [1.29, 1.82) is 0 Å². The van der Waals surface area contributed by atoms with Gasteiger partial charge in [-0.05, 0) is 24.1 Å². The number of aromatic nitrogens is 3. The van der Waals surface area contributed by atoms with Gasteiger partial charge in [0.2, 0.25) is 0 Å². The maximum atomic E-state index is 6.09. The van der Waals surface area contributed by atoms with Crippen molar-refractivity contribution in [2.24, 2.45) is 0 Å². The van der Waals surface area contributed by atoms with Gasteiger partial charge in [0.1, 0.15) is 11.6 Å². The van der Waals surface area contributed by atoms with Crippen molar-refractivity contribution in [2.45, 2.75) is 26.4 Å². The average molecular weight is 322 g/mol. The van der Waals surface area contributed by atoms with Crippen LogP contribution in [0.2, 0.25) is 0 Å². The Bertz CT molecular complexity index is 855. The normalized spacial score (nSPS) is 14.7. The van der Waals surface area contributed by atoms with Crippen molar-refractivity contribution in [3.63, 3.8) is 0 Å². The molecule has 24 heavy (non-hydrogen) atoms. The molecule has 1 aliphatic heterocycles. The van der Waals surface area contributed by atoms with Crippen LogP contribution in [0.4, 0.5) is 11.6 Å². The molecule has 0 radical (unpaired) electrons. The second-order valence-corrected chi connectivity index (χ2v) is 6.21. The highest BCUT2D eigenvalue weighted by Crippen LogP contribution is 2.33. The summed E-state index contributed by atoms with van der Waals surface area (Å²) in [5, 5.41) is 11.6. The SMILES string of the molecule is CCN1CCc2c(c(NCc3ccccc3)nc3n[nH]c(N)c23)C1. The fraction of sp³-hybridized carbons (Fsp3) is 0.333. The van der Waals surface area contributed by atoms with E-state index in [0.717, 1.165) is 43.8 Å².